The van der Waals surface area contributed by atoms with Crippen LogP contribution in [0, 0.1) is 5.82 Å². The third-order valence-electron chi connectivity index (χ3n) is 5.06. The van der Waals surface area contributed by atoms with E-state index in [1.54, 1.807) is 31.2 Å². The minimum atomic E-state index is -1.18. The van der Waals surface area contributed by atoms with Gasteiger partial charge in [0.1, 0.15) is 23.7 Å². The van der Waals surface area contributed by atoms with Crippen molar-refractivity contribution in [2.24, 2.45) is 0 Å². The fourth-order valence-corrected chi connectivity index (χ4v) is 3.48. The molecule has 0 saturated carbocycles. The normalized spacial score (nSPS) is 18.3. The molecule has 8 heteroatoms. The molecule has 2 aromatic rings. The Morgan fingerprint density at radius 3 is 2.50 bits per heavy atom. The van der Waals surface area contributed by atoms with Crippen LogP contribution in [-0.4, -0.2) is 48.5 Å². The molecule has 0 aliphatic carbocycles. The van der Waals surface area contributed by atoms with Crippen LogP contribution >= 0.6 is 0 Å². The molecule has 0 radical (unpaired) electrons. The van der Waals surface area contributed by atoms with E-state index >= 15 is 0 Å². The summed E-state index contributed by atoms with van der Waals surface area (Å²) in [5.41, 5.74) is 0.0728. The summed E-state index contributed by atoms with van der Waals surface area (Å²) in [6.45, 7) is 1.42. The molecule has 0 unspecified atom stereocenters. The summed E-state index contributed by atoms with van der Waals surface area (Å²) < 4.78 is 18.9. The molecule has 4 amide bonds. The van der Waals surface area contributed by atoms with E-state index in [2.05, 4.69) is 10.6 Å². The van der Waals surface area contributed by atoms with E-state index in [1.807, 2.05) is 18.2 Å². The summed E-state index contributed by atoms with van der Waals surface area (Å²) in [7, 11) is 1.54. The van der Waals surface area contributed by atoms with Gasteiger partial charge < -0.3 is 15.4 Å². The van der Waals surface area contributed by atoms with Crippen LogP contribution in [0.5, 0.6) is 5.75 Å². The zero-order valence-corrected chi connectivity index (χ0v) is 16.9. The SMILES string of the molecule is COc1ccccc1C[C@]1(C)NC(=O)N(CC(=O)NCCc2ccccc2F)C1=O. The molecule has 1 aliphatic heterocycles. The van der Waals surface area contributed by atoms with Gasteiger partial charge in [0.05, 0.1) is 7.11 Å². The van der Waals surface area contributed by atoms with Crippen molar-refractivity contribution < 1.29 is 23.5 Å². The highest BCUT2D eigenvalue weighted by Gasteiger charge is 2.48. The first kappa shape index (κ1) is 21.3. The van der Waals surface area contributed by atoms with Crippen LogP contribution in [0.15, 0.2) is 48.5 Å². The lowest BCUT2D eigenvalue weighted by atomic mass is 9.92. The second-order valence-electron chi connectivity index (χ2n) is 7.33. The monoisotopic (exact) mass is 413 g/mol. The predicted octanol–water partition coefficient (Wildman–Crippen LogP) is 2.05. The molecule has 158 valence electrons. The second kappa shape index (κ2) is 8.94. The van der Waals surface area contributed by atoms with Gasteiger partial charge in [0, 0.05) is 13.0 Å². The van der Waals surface area contributed by atoms with Crippen LogP contribution in [0.2, 0.25) is 0 Å². The highest BCUT2D eigenvalue weighted by atomic mass is 19.1. The maximum Gasteiger partial charge on any atom is 0.325 e. The number of urea groups is 1. The number of ether oxygens (including phenoxy) is 1. The van der Waals surface area contributed by atoms with Gasteiger partial charge in [0.25, 0.3) is 5.91 Å². The minimum absolute atomic E-state index is 0.196. The zero-order valence-electron chi connectivity index (χ0n) is 16.9. The van der Waals surface area contributed by atoms with Crippen molar-refractivity contribution in [3.63, 3.8) is 0 Å². The van der Waals surface area contributed by atoms with E-state index in [0.29, 0.717) is 17.7 Å². The Bertz CT molecular complexity index is 965. The molecule has 0 aromatic heterocycles. The number of carbonyl (C=O) groups excluding carboxylic acids is 3. The van der Waals surface area contributed by atoms with Gasteiger partial charge in [-0.05, 0) is 36.6 Å². The van der Waals surface area contributed by atoms with Gasteiger partial charge in [0.15, 0.2) is 0 Å². The fraction of sp³-hybridized carbons (Fsp3) is 0.318. The van der Waals surface area contributed by atoms with Crippen molar-refractivity contribution in [1.82, 2.24) is 15.5 Å². The predicted molar refractivity (Wildman–Crippen MR) is 108 cm³/mol. The van der Waals surface area contributed by atoms with Gasteiger partial charge >= 0.3 is 6.03 Å². The molecule has 3 rings (SSSR count). The van der Waals surface area contributed by atoms with Crippen LogP contribution in [-0.2, 0) is 22.4 Å². The van der Waals surface area contributed by atoms with Crippen LogP contribution < -0.4 is 15.4 Å². The Morgan fingerprint density at radius 1 is 1.13 bits per heavy atom. The smallest absolute Gasteiger partial charge is 0.325 e. The summed E-state index contributed by atoms with van der Waals surface area (Å²) in [6, 6.07) is 12.9. The van der Waals surface area contributed by atoms with Crippen molar-refractivity contribution in [2.45, 2.75) is 25.3 Å². The molecule has 1 saturated heterocycles. The standard InChI is InChI=1S/C22H24FN3O4/c1-22(13-16-8-4-6-10-18(16)30-2)20(28)26(21(29)25-22)14-19(27)24-12-11-15-7-3-5-9-17(15)23/h3-10H,11-14H2,1-2H3,(H,24,27)(H,25,29)/t22-/m0/s1. The first-order chi connectivity index (χ1) is 14.3. The largest absolute Gasteiger partial charge is 0.496 e. The number of carbonyl (C=O) groups is 3. The average molecular weight is 413 g/mol. The first-order valence-electron chi connectivity index (χ1n) is 9.60. The van der Waals surface area contributed by atoms with Crippen LogP contribution in [0.3, 0.4) is 0 Å². The zero-order chi connectivity index (χ0) is 21.7. The first-order valence-corrected chi connectivity index (χ1v) is 9.60. The summed E-state index contributed by atoms with van der Waals surface area (Å²) in [5.74, 6) is -0.697. The summed E-state index contributed by atoms with van der Waals surface area (Å²) >= 11 is 0. The Morgan fingerprint density at radius 2 is 1.80 bits per heavy atom. The molecule has 1 aliphatic rings. The van der Waals surface area contributed by atoms with Gasteiger partial charge in [-0.25, -0.2) is 9.18 Å². The Labute approximate surface area is 174 Å². The number of benzene rings is 2. The number of nitrogens with one attached hydrogen (secondary N) is 2. The topological polar surface area (TPSA) is 87.7 Å². The van der Waals surface area contributed by atoms with Crippen molar-refractivity contribution in [3.05, 3.63) is 65.5 Å². The van der Waals surface area contributed by atoms with Crippen molar-refractivity contribution >= 4 is 17.8 Å². The molecule has 1 heterocycles. The second-order valence-corrected chi connectivity index (χ2v) is 7.33. The molecular formula is C22H24FN3O4. The lowest BCUT2D eigenvalue weighted by Crippen LogP contribution is -2.47. The van der Waals surface area contributed by atoms with E-state index in [4.69, 9.17) is 4.74 Å². The molecule has 1 atom stereocenters. The maximum atomic E-state index is 13.6. The van der Waals surface area contributed by atoms with E-state index < -0.39 is 29.9 Å². The molecular weight excluding hydrogens is 389 g/mol. The number of hydrogen-bond acceptors (Lipinski definition) is 4. The highest BCUT2D eigenvalue weighted by Crippen LogP contribution is 2.27. The van der Waals surface area contributed by atoms with Gasteiger partial charge in [-0.15, -0.1) is 0 Å². The van der Waals surface area contributed by atoms with Crippen LogP contribution in [0.4, 0.5) is 9.18 Å². The Kier molecular flexibility index (Phi) is 6.34. The number of nitrogens with zero attached hydrogens (tertiary/aromatic N) is 1. The van der Waals surface area contributed by atoms with E-state index in [1.165, 1.54) is 13.2 Å². The fourth-order valence-electron chi connectivity index (χ4n) is 3.48. The van der Waals surface area contributed by atoms with Gasteiger partial charge in [-0.3, -0.25) is 14.5 Å². The number of halogens is 1. The van der Waals surface area contributed by atoms with Crippen molar-refractivity contribution in [3.8, 4) is 5.75 Å². The third-order valence-corrected chi connectivity index (χ3v) is 5.06. The van der Waals surface area contributed by atoms with Gasteiger partial charge in [-0.2, -0.15) is 0 Å². The average Bonchev–Trinajstić information content (AvgIpc) is 2.92. The van der Waals surface area contributed by atoms with E-state index in [-0.39, 0.29) is 18.8 Å². The molecule has 2 aromatic carbocycles. The Balaban J connectivity index is 1.59. The lowest BCUT2D eigenvalue weighted by molar-refractivity contribution is -0.134. The summed E-state index contributed by atoms with van der Waals surface area (Å²) in [6.07, 6.45) is 0.539. The molecule has 7 nitrogen and oxygen atoms in total. The van der Waals surface area contributed by atoms with Gasteiger partial charge in [-0.1, -0.05) is 36.4 Å². The molecule has 0 bridgehead atoms. The van der Waals surface area contributed by atoms with Crippen molar-refractivity contribution in [2.75, 3.05) is 20.2 Å². The summed E-state index contributed by atoms with van der Waals surface area (Å²) in [5, 5.41) is 5.30. The lowest BCUT2D eigenvalue weighted by Gasteiger charge is -2.22. The van der Waals surface area contributed by atoms with Crippen LogP contribution in [0.25, 0.3) is 0 Å². The quantitative estimate of drug-likeness (QED) is 0.649. The van der Waals surface area contributed by atoms with Crippen LogP contribution in [0.1, 0.15) is 18.1 Å². The maximum absolute atomic E-state index is 13.6. The number of para-hydroxylation sites is 1. The molecule has 1 fully saturated rings. The minimum Gasteiger partial charge on any atom is -0.496 e. The van der Waals surface area contributed by atoms with E-state index in [9.17, 15) is 18.8 Å². The molecule has 0 spiro atoms. The number of rotatable bonds is 8. The number of amides is 4. The highest BCUT2D eigenvalue weighted by molar-refractivity contribution is 6.09. The Hall–Kier alpha value is -3.42. The number of imide groups is 1. The number of methoxy groups -OCH3 is 1. The third kappa shape index (κ3) is 4.59. The molecule has 2 N–H and O–H groups in total. The number of hydrogen-bond donors (Lipinski definition) is 2. The molecule has 30 heavy (non-hydrogen) atoms. The van der Waals surface area contributed by atoms with Gasteiger partial charge in [0.2, 0.25) is 5.91 Å². The van der Waals surface area contributed by atoms with E-state index in [0.717, 1.165) is 10.5 Å². The van der Waals surface area contributed by atoms with Crippen molar-refractivity contribution in [1.29, 1.82) is 0 Å². The summed E-state index contributed by atoms with van der Waals surface area (Å²) in [4.78, 5) is 38.4.